The number of rotatable bonds is 16. The SMILES string of the molecule is COCCCn1cc(CN(C(=O)[C@H]2CN(C(=O)OC(C)(C)C)CC[C@@H]2c2cccc(-c3ccc(OCC(=O)CCCO)cc3)c2)C2CC2)c2ccccc21. The number of aliphatic hydroxyl groups excluding tert-OH is 1. The zero-order valence-electron chi connectivity index (χ0n) is 32.2. The van der Waals surface area contributed by atoms with Crippen LogP contribution in [0.4, 0.5) is 4.79 Å². The first-order chi connectivity index (χ1) is 26.0. The van der Waals surface area contributed by atoms with E-state index in [1.54, 1.807) is 12.0 Å². The Morgan fingerprint density at radius 1 is 0.926 bits per heavy atom. The fourth-order valence-electron chi connectivity index (χ4n) is 7.48. The van der Waals surface area contributed by atoms with Crippen LogP contribution in [0.2, 0.25) is 0 Å². The van der Waals surface area contributed by atoms with Gasteiger partial charge in [-0.15, -0.1) is 0 Å². The number of aryl methyl sites for hydroxylation is 1. The number of Topliss-reactive ketones (excluding diaryl/α,β-unsaturated/α-hetero) is 1. The predicted octanol–water partition coefficient (Wildman–Crippen LogP) is 7.60. The summed E-state index contributed by atoms with van der Waals surface area (Å²) in [6, 6.07) is 24.6. The van der Waals surface area contributed by atoms with E-state index in [0.29, 0.717) is 44.7 Å². The van der Waals surface area contributed by atoms with E-state index in [1.165, 1.54) is 0 Å². The normalized spacial score (nSPS) is 17.4. The maximum absolute atomic E-state index is 15.0. The Bertz CT molecular complexity index is 1890. The number of carbonyl (C=O) groups is 3. The molecule has 0 unspecified atom stereocenters. The number of methoxy groups -OCH3 is 1. The number of ether oxygens (including phenoxy) is 3. The van der Waals surface area contributed by atoms with E-state index in [0.717, 1.165) is 59.0 Å². The van der Waals surface area contributed by atoms with E-state index >= 15 is 4.79 Å². The predicted molar refractivity (Wildman–Crippen MR) is 209 cm³/mol. The summed E-state index contributed by atoms with van der Waals surface area (Å²) in [5, 5.41) is 10.1. The van der Waals surface area contributed by atoms with Gasteiger partial charge in [0.1, 0.15) is 18.0 Å². The van der Waals surface area contributed by atoms with Crippen molar-refractivity contribution in [3.8, 4) is 16.9 Å². The molecule has 1 saturated carbocycles. The molecule has 1 N–H and O–H groups in total. The number of likely N-dealkylation sites (tertiary alicyclic amines) is 1. The second-order valence-electron chi connectivity index (χ2n) is 15.6. The molecule has 3 aromatic carbocycles. The molecule has 2 atom stereocenters. The van der Waals surface area contributed by atoms with Gasteiger partial charge in [0.2, 0.25) is 5.91 Å². The van der Waals surface area contributed by atoms with E-state index < -0.39 is 11.5 Å². The number of carbonyl (C=O) groups excluding carboxylic acids is 3. The summed E-state index contributed by atoms with van der Waals surface area (Å²) in [7, 11) is 1.72. The monoisotopic (exact) mass is 737 g/mol. The zero-order chi connectivity index (χ0) is 38.2. The van der Waals surface area contributed by atoms with Crippen molar-refractivity contribution in [1.82, 2.24) is 14.4 Å². The fraction of sp³-hybridized carbons (Fsp3) is 0.477. The molecular weight excluding hydrogens is 682 g/mol. The number of fused-ring (bicyclic) bond motifs is 1. The Morgan fingerprint density at radius 3 is 2.43 bits per heavy atom. The van der Waals surface area contributed by atoms with Crippen LogP contribution in [0, 0.1) is 5.92 Å². The van der Waals surface area contributed by atoms with Gasteiger partial charge in [-0.1, -0.05) is 54.6 Å². The number of hydrogen-bond acceptors (Lipinski definition) is 7. The van der Waals surface area contributed by atoms with Crippen LogP contribution < -0.4 is 4.74 Å². The maximum Gasteiger partial charge on any atom is 0.410 e. The molecule has 10 heteroatoms. The van der Waals surface area contributed by atoms with Crippen LogP contribution in [0.5, 0.6) is 5.75 Å². The van der Waals surface area contributed by atoms with Gasteiger partial charge < -0.3 is 33.7 Å². The molecule has 2 fully saturated rings. The highest BCUT2D eigenvalue weighted by Gasteiger charge is 2.43. The Balaban J connectivity index is 1.26. The molecule has 1 saturated heterocycles. The van der Waals surface area contributed by atoms with Crippen molar-refractivity contribution >= 4 is 28.7 Å². The topological polar surface area (TPSA) is 111 Å². The fourth-order valence-corrected chi connectivity index (χ4v) is 7.48. The molecule has 1 aliphatic heterocycles. The molecule has 0 radical (unpaired) electrons. The van der Waals surface area contributed by atoms with E-state index in [2.05, 4.69) is 58.1 Å². The van der Waals surface area contributed by atoms with Crippen molar-refractivity contribution in [2.75, 3.05) is 40.0 Å². The van der Waals surface area contributed by atoms with Crippen LogP contribution in [0.15, 0.2) is 79.0 Å². The van der Waals surface area contributed by atoms with Crippen LogP contribution in [0.3, 0.4) is 0 Å². The highest BCUT2D eigenvalue weighted by molar-refractivity contribution is 5.86. The van der Waals surface area contributed by atoms with Gasteiger partial charge in [0, 0.05) is 76.1 Å². The number of piperidine rings is 1. The van der Waals surface area contributed by atoms with E-state index in [1.807, 2.05) is 51.1 Å². The molecule has 0 spiro atoms. The summed E-state index contributed by atoms with van der Waals surface area (Å²) in [6.07, 6.45) is 6.01. The quantitative estimate of drug-likeness (QED) is 0.118. The molecule has 288 valence electrons. The van der Waals surface area contributed by atoms with E-state index in [-0.39, 0.29) is 49.5 Å². The third kappa shape index (κ3) is 9.89. The van der Waals surface area contributed by atoms with E-state index in [9.17, 15) is 9.59 Å². The van der Waals surface area contributed by atoms with Gasteiger partial charge in [0.05, 0.1) is 5.92 Å². The van der Waals surface area contributed by atoms with Crippen LogP contribution in [-0.4, -0.2) is 88.9 Å². The van der Waals surface area contributed by atoms with Crippen molar-refractivity contribution in [1.29, 1.82) is 0 Å². The molecule has 10 nitrogen and oxygen atoms in total. The van der Waals surface area contributed by atoms with Gasteiger partial charge in [-0.3, -0.25) is 9.59 Å². The molecule has 6 rings (SSSR count). The zero-order valence-corrected chi connectivity index (χ0v) is 32.2. The Labute approximate surface area is 319 Å². The minimum absolute atomic E-state index is 0.0157. The standard InChI is InChI=1S/C44H55N3O7/c1-44(2,3)54-43(51)46-23-21-38(33-11-7-10-32(26-33)31-15-19-37(20-16-31)53-30-36(49)12-8-24-48)40(29-46)42(50)47(35-17-18-35)28-34-27-45(22-9-25-52-4)41-14-6-5-13-39(34)41/h5-7,10-11,13-16,19-20,26-27,35,38,40,48H,8-9,12,17-18,21-25,28-30H2,1-4H3/t38-,40+/m1/s1. The number of aromatic nitrogens is 1. The summed E-state index contributed by atoms with van der Waals surface area (Å²) in [6.45, 7) is 8.36. The lowest BCUT2D eigenvalue weighted by Crippen LogP contribution is -2.51. The molecule has 1 aromatic heterocycles. The highest BCUT2D eigenvalue weighted by atomic mass is 16.6. The Kier molecular flexibility index (Phi) is 12.8. The highest BCUT2D eigenvalue weighted by Crippen LogP contribution is 2.40. The molecule has 54 heavy (non-hydrogen) atoms. The second-order valence-corrected chi connectivity index (χ2v) is 15.6. The number of ketones is 1. The molecule has 2 amide bonds. The van der Waals surface area contributed by atoms with Crippen molar-refractivity contribution in [2.24, 2.45) is 5.92 Å². The number of aliphatic hydroxyl groups is 1. The summed E-state index contributed by atoms with van der Waals surface area (Å²) < 4.78 is 19.1. The third-order valence-electron chi connectivity index (χ3n) is 10.3. The molecule has 1 aliphatic carbocycles. The Morgan fingerprint density at radius 2 is 1.70 bits per heavy atom. The van der Waals surface area contributed by atoms with Gasteiger partial charge in [-0.05, 0) is 99.2 Å². The van der Waals surface area contributed by atoms with Gasteiger partial charge in [0.25, 0.3) is 0 Å². The van der Waals surface area contributed by atoms with Gasteiger partial charge in [-0.25, -0.2) is 4.79 Å². The van der Waals surface area contributed by atoms with Crippen LogP contribution in [-0.2, 0) is 32.2 Å². The van der Waals surface area contributed by atoms with Crippen molar-refractivity contribution in [3.05, 3.63) is 90.1 Å². The number of nitrogens with zero attached hydrogens (tertiary/aromatic N) is 3. The molecule has 2 aliphatic rings. The van der Waals surface area contributed by atoms with Crippen LogP contribution in [0.1, 0.15) is 76.3 Å². The number of hydrogen-bond donors (Lipinski definition) is 1. The first-order valence-corrected chi connectivity index (χ1v) is 19.3. The van der Waals surface area contributed by atoms with Crippen molar-refractivity contribution in [2.45, 2.75) is 89.9 Å². The molecular formula is C44H55N3O7. The number of benzene rings is 3. The Hall–Kier alpha value is -4.67. The third-order valence-corrected chi connectivity index (χ3v) is 10.3. The molecule has 4 aromatic rings. The minimum Gasteiger partial charge on any atom is -0.486 e. The lowest BCUT2D eigenvalue weighted by Gasteiger charge is -2.40. The minimum atomic E-state index is -0.644. The average Bonchev–Trinajstić information content (AvgIpc) is 3.96. The van der Waals surface area contributed by atoms with Gasteiger partial charge in [0.15, 0.2) is 5.78 Å². The summed E-state index contributed by atoms with van der Waals surface area (Å²) in [5.74, 6) is 0.0855. The lowest BCUT2D eigenvalue weighted by atomic mass is 9.79. The first kappa shape index (κ1) is 39.0. The van der Waals surface area contributed by atoms with Crippen LogP contribution >= 0.6 is 0 Å². The molecule has 0 bridgehead atoms. The molecule has 2 heterocycles. The lowest BCUT2D eigenvalue weighted by molar-refractivity contribution is -0.139. The summed E-state index contributed by atoms with van der Waals surface area (Å²) >= 11 is 0. The summed E-state index contributed by atoms with van der Waals surface area (Å²) in [4.78, 5) is 44.2. The number of amides is 2. The van der Waals surface area contributed by atoms with Crippen molar-refractivity contribution in [3.63, 3.8) is 0 Å². The smallest absolute Gasteiger partial charge is 0.410 e. The first-order valence-electron chi connectivity index (χ1n) is 19.3. The largest absolute Gasteiger partial charge is 0.486 e. The second kappa shape index (κ2) is 17.6. The van der Waals surface area contributed by atoms with Crippen LogP contribution in [0.25, 0.3) is 22.0 Å². The van der Waals surface area contributed by atoms with Gasteiger partial charge in [-0.2, -0.15) is 0 Å². The maximum atomic E-state index is 15.0. The average molecular weight is 738 g/mol. The van der Waals surface area contributed by atoms with E-state index in [4.69, 9.17) is 19.3 Å². The summed E-state index contributed by atoms with van der Waals surface area (Å²) in [5.41, 5.74) is 4.71. The van der Waals surface area contributed by atoms with Crippen molar-refractivity contribution < 1.29 is 33.7 Å². The van der Waals surface area contributed by atoms with Gasteiger partial charge >= 0.3 is 6.09 Å². The number of para-hydroxylation sites is 1.